The third kappa shape index (κ3) is 6.44. The largest absolute Gasteiger partial charge is 0.468 e. The van der Waals surface area contributed by atoms with Gasteiger partial charge >= 0.3 is 5.97 Å². The van der Waals surface area contributed by atoms with E-state index in [2.05, 4.69) is 10.8 Å². The van der Waals surface area contributed by atoms with Crippen molar-refractivity contribution in [1.82, 2.24) is 4.90 Å². The standard InChI is InChI=1S/C10H18N2O2/c1-3-12(9-10(13)14-2)8-6-4-5-7-11/h3-6,8-9H2,1-2H3. The average molecular weight is 198 g/mol. The highest BCUT2D eigenvalue weighted by Gasteiger charge is 2.07. The monoisotopic (exact) mass is 198 g/mol. The molecule has 0 unspecified atom stereocenters. The van der Waals surface area contributed by atoms with Crippen LogP contribution in [0.25, 0.3) is 0 Å². The van der Waals surface area contributed by atoms with Gasteiger partial charge in [-0.3, -0.25) is 9.69 Å². The number of methoxy groups -OCH3 is 1. The SMILES string of the molecule is CCN(CCCCC#N)CC(=O)OC. The number of hydrogen-bond donors (Lipinski definition) is 0. The molecule has 0 aromatic rings. The van der Waals surface area contributed by atoms with E-state index in [9.17, 15) is 4.79 Å². The van der Waals surface area contributed by atoms with Crippen molar-refractivity contribution in [2.45, 2.75) is 26.2 Å². The fraction of sp³-hybridized carbons (Fsp3) is 0.800. The lowest BCUT2D eigenvalue weighted by molar-refractivity contribution is -0.141. The van der Waals surface area contributed by atoms with Crippen LogP contribution in [-0.2, 0) is 9.53 Å². The molecule has 4 heteroatoms. The third-order valence-electron chi connectivity index (χ3n) is 2.04. The van der Waals surface area contributed by atoms with Gasteiger partial charge in [-0.2, -0.15) is 5.26 Å². The van der Waals surface area contributed by atoms with Gasteiger partial charge in [0.2, 0.25) is 0 Å². The Morgan fingerprint density at radius 3 is 2.71 bits per heavy atom. The van der Waals surface area contributed by atoms with Gasteiger partial charge in [0.15, 0.2) is 0 Å². The number of nitriles is 1. The van der Waals surface area contributed by atoms with Crippen LogP contribution in [0.15, 0.2) is 0 Å². The summed E-state index contributed by atoms with van der Waals surface area (Å²) < 4.78 is 4.58. The van der Waals surface area contributed by atoms with Gasteiger partial charge in [-0.15, -0.1) is 0 Å². The van der Waals surface area contributed by atoms with Crippen LogP contribution in [0, 0.1) is 11.3 Å². The first-order valence-electron chi connectivity index (χ1n) is 4.90. The van der Waals surface area contributed by atoms with Crippen molar-refractivity contribution in [2.24, 2.45) is 0 Å². The van der Waals surface area contributed by atoms with E-state index in [1.54, 1.807) is 0 Å². The lowest BCUT2D eigenvalue weighted by Crippen LogP contribution is -2.31. The molecular formula is C10H18N2O2. The van der Waals surface area contributed by atoms with Crippen molar-refractivity contribution < 1.29 is 9.53 Å². The number of nitrogens with zero attached hydrogens (tertiary/aromatic N) is 2. The minimum atomic E-state index is -0.202. The topological polar surface area (TPSA) is 53.3 Å². The molecule has 0 aliphatic heterocycles. The lowest BCUT2D eigenvalue weighted by Gasteiger charge is -2.18. The molecule has 0 aliphatic carbocycles. The number of rotatable bonds is 7. The molecule has 0 aliphatic rings. The lowest BCUT2D eigenvalue weighted by atomic mass is 10.2. The maximum absolute atomic E-state index is 11.0. The Morgan fingerprint density at radius 1 is 1.50 bits per heavy atom. The molecule has 0 atom stereocenters. The zero-order valence-electron chi connectivity index (χ0n) is 8.95. The van der Waals surface area contributed by atoms with Crippen LogP contribution in [0.5, 0.6) is 0 Å². The van der Waals surface area contributed by atoms with Gasteiger partial charge in [-0.1, -0.05) is 6.92 Å². The number of carbonyl (C=O) groups excluding carboxylic acids is 1. The van der Waals surface area contributed by atoms with E-state index < -0.39 is 0 Å². The maximum atomic E-state index is 11.0. The minimum Gasteiger partial charge on any atom is -0.468 e. The summed E-state index contributed by atoms with van der Waals surface area (Å²) in [7, 11) is 1.39. The number of carbonyl (C=O) groups is 1. The van der Waals surface area contributed by atoms with Gasteiger partial charge in [0.05, 0.1) is 19.7 Å². The fourth-order valence-corrected chi connectivity index (χ4v) is 1.14. The highest BCUT2D eigenvalue weighted by Crippen LogP contribution is 1.98. The van der Waals surface area contributed by atoms with Crippen molar-refractivity contribution in [2.75, 3.05) is 26.7 Å². The smallest absolute Gasteiger partial charge is 0.319 e. The molecule has 80 valence electrons. The quantitative estimate of drug-likeness (QED) is 0.455. The van der Waals surface area contributed by atoms with Gasteiger partial charge in [0, 0.05) is 6.42 Å². The summed E-state index contributed by atoms with van der Waals surface area (Å²) in [5.41, 5.74) is 0. The second kappa shape index (κ2) is 8.52. The van der Waals surface area contributed by atoms with Gasteiger partial charge in [-0.25, -0.2) is 0 Å². The molecule has 0 saturated carbocycles. The Hall–Kier alpha value is -1.08. The van der Waals surface area contributed by atoms with Crippen molar-refractivity contribution >= 4 is 5.97 Å². The van der Waals surface area contributed by atoms with Gasteiger partial charge in [-0.05, 0) is 25.9 Å². The van der Waals surface area contributed by atoms with Crippen molar-refractivity contribution in [1.29, 1.82) is 5.26 Å². The zero-order valence-corrected chi connectivity index (χ0v) is 8.95. The second-order valence-electron chi connectivity index (χ2n) is 3.06. The van der Waals surface area contributed by atoms with Crippen LogP contribution in [0.1, 0.15) is 26.2 Å². The molecule has 0 radical (unpaired) electrons. The Bertz CT molecular complexity index is 199. The van der Waals surface area contributed by atoms with E-state index in [0.717, 1.165) is 25.9 Å². The van der Waals surface area contributed by atoms with E-state index in [1.165, 1.54) is 7.11 Å². The summed E-state index contributed by atoms with van der Waals surface area (Å²) >= 11 is 0. The molecule has 14 heavy (non-hydrogen) atoms. The summed E-state index contributed by atoms with van der Waals surface area (Å²) in [6.45, 7) is 4.04. The maximum Gasteiger partial charge on any atom is 0.319 e. The second-order valence-corrected chi connectivity index (χ2v) is 3.06. The van der Waals surface area contributed by atoms with Crippen molar-refractivity contribution in [3.8, 4) is 6.07 Å². The number of unbranched alkanes of at least 4 members (excludes halogenated alkanes) is 2. The molecule has 0 rings (SSSR count). The van der Waals surface area contributed by atoms with Crippen LogP contribution in [-0.4, -0.2) is 37.6 Å². The molecule has 0 amide bonds. The highest BCUT2D eigenvalue weighted by molar-refractivity contribution is 5.71. The number of ether oxygens (including phenoxy) is 1. The molecular weight excluding hydrogens is 180 g/mol. The Morgan fingerprint density at radius 2 is 2.21 bits per heavy atom. The number of hydrogen-bond acceptors (Lipinski definition) is 4. The van der Waals surface area contributed by atoms with Crippen LogP contribution >= 0.6 is 0 Å². The van der Waals surface area contributed by atoms with E-state index in [0.29, 0.717) is 13.0 Å². The van der Waals surface area contributed by atoms with Crippen LogP contribution in [0.3, 0.4) is 0 Å². The third-order valence-corrected chi connectivity index (χ3v) is 2.04. The van der Waals surface area contributed by atoms with E-state index in [4.69, 9.17) is 5.26 Å². The molecule has 0 N–H and O–H groups in total. The van der Waals surface area contributed by atoms with E-state index >= 15 is 0 Å². The average Bonchev–Trinajstić information content (AvgIpc) is 2.22. The summed E-state index contributed by atoms with van der Waals surface area (Å²) in [6, 6.07) is 2.10. The zero-order chi connectivity index (χ0) is 10.8. The van der Waals surface area contributed by atoms with E-state index in [1.807, 2.05) is 11.8 Å². The minimum absolute atomic E-state index is 0.202. The van der Waals surface area contributed by atoms with E-state index in [-0.39, 0.29) is 5.97 Å². The summed E-state index contributed by atoms with van der Waals surface area (Å²) in [5, 5.41) is 8.33. The van der Waals surface area contributed by atoms with Gasteiger partial charge in [0.25, 0.3) is 0 Å². The molecule has 0 bridgehead atoms. The van der Waals surface area contributed by atoms with Crippen molar-refractivity contribution in [3.63, 3.8) is 0 Å². The first-order valence-corrected chi connectivity index (χ1v) is 4.90. The molecule has 0 fully saturated rings. The summed E-state index contributed by atoms with van der Waals surface area (Å²) in [4.78, 5) is 13.0. The fourth-order valence-electron chi connectivity index (χ4n) is 1.14. The first-order chi connectivity index (χ1) is 6.74. The predicted molar refractivity (Wildman–Crippen MR) is 53.6 cm³/mol. The Balaban J connectivity index is 3.58. The molecule has 0 aromatic carbocycles. The Kier molecular flexibility index (Phi) is 7.86. The Labute approximate surface area is 85.5 Å². The highest BCUT2D eigenvalue weighted by atomic mass is 16.5. The summed E-state index contributed by atoms with van der Waals surface area (Å²) in [6.07, 6.45) is 2.45. The van der Waals surface area contributed by atoms with Gasteiger partial charge < -0.3 is 4.74 Å². The van der Waals surface area contributed by atoms with Crippen molar-refractivity contribution in [3.05, 3.63) is 0 Å². The molecule has 0 spiro atoms. The van der Waals surface area contributed by atoms with Crippen LogP contribution in [0.2, 0.25) is 0 Å². The normalized spacial score (nSPS) is 9.86. The first kappa shape index (κ1) is 12.9. The van der Waals surface area contributed by atoms with Gasteiger partial charge in [0.1, 0.15) is 0 Å². The number of likely N-dealkylation sites (N-methyl/N-ethyl adjacent to an activating group) is 1. The summed E-state index contributed by atoms with van der Waals surface area (Å²) in [5.74, 6) is -0.202. The van der Waals surface area contributed by atoms with Crippen LogP contribution < -0.4 is 0 Å². The van der Waals surface area contributed by atoms with Crippen LogP contribution in [0.4, 0.5) is 0 Å². The molecule has 4 nitrogen and oxygen atoms in total. The number of esters is 1. The molecule has 0 saturated heterocycles. The molecule has 0 aromatic heterocycles. The molecule has 0 heterocycles. The predicted octanol–water partition coefficient (Wildman–Crippen LogP) is 1.18.